The van der Waals surface area contributed by atoms with Crippen molar-refractivity contribution in [2.75, 3.05) is 0 Å². The Balaban J connectivity index is 2.28. The van der Waals surface area contributed by atoms with Gasteiger partial charge in [-0.1, -0.05) is 36.4 Å². The average molecular weight is 415 g/mol. The van der Waals surface area contributed by atoms with E-state index in [1.54, 1.807) is 30.3 Å². The molecule has 1 fully saturated rings. The number of aliphatic hydroxyl groups excluding tert-OH is 1. The maximum absolute atomic E-state index is 13.2. The van der Waals surface area contributed by atoms with E-state index in [9.17, 15) is 26.7 Å². The van der Waals surface area contributed by atoms with Gasteiger partial charge in [0.05, 0.1) is 6.10 Å². The number of alkyl halides is 3. The van der Waals surface area contributed by atoms with Crippen LogP contribution in [0.3, 0.4) is 0 Å². The molecule has 2 aromatic rings. The lowest BCUT2D eigenvalue weighted by Crippen LogP contribution is -2.24. The number of primary sulfonamides is 1. The molecule has 2 aromatic carbocycles. The Labute approximate surface area is 161 Å². The van der Waals surface area contributed by atoms with E-state index in [0.29, 0.717) is 36.8 Å². The molecule has 0 aliphatic heterocycles. The molecule has 152 valence electrons. The van der Waals surface area contributed by atoms with E-state index in [1.165, 1.54) is 6.07 Å². The van der Waals surface area contributed by atoms with Crippen LogP contribution in [0.15, 0.2) is 47.4 Å². The van der Waals surface area contributed by atoms with Gasteiger partial charge in [-0.05, 0) is 48.8 Å². The van der Waals surface area contributed by atoms with Crippen molar-refractivity contribution in [3.8, 4) is 16.9 Å². The molecule has 1 aliphatic rings. The van der Waals surface area contributed by atoms with Gasteiger partial charge in [-0.2, -0.15) is 0 Å². The molecule has 0 saturated heterocycles. The van der Waals surface area contributed by atoms with Gasteiger partial charge in [-0.25, -0.2) is 13.6 Å². The number of nitrogens with two attached hydrogens (primary N) is 1. The van der Waals surface area contributed by atoms with Gasteiger partial charge in [0, 0.05) is 5.56 Å². The number of rotatable bonds is 4. The monoisotopic (exact) mass is 415 g/mol. The van der Waals surface area contributed by atoms with Crippen LogP contribution in [-0.4, -0.2) is 26.0 Å². The summed E-state index contributed by atoms with van der Waals surface area (Å²) in [7, 11) is -4.45. The van der Waals surface area contributed by atoms with Gasteiger partial charge in [-0.3, -0.25) is 0 Å². The van der Waals surface area contributed by atoms with Crippen LogP contribution in [0.25, 0.3) is 11.1 Å². The second-order valence-corrected chi connectivity index (χ2v) is 8.35. The summed E-state index contributed by atoms with van der Waals surface area (Å²) in [4.78, 5) is -0.703. The average Bonchev–Trinajstić information content (AvgIpc) is 2.61. The Morgan fingerprint density at radius 2 is 1.61 bits per heavy atom. The fourth-order valence-electron chi connectivity index (χ4n) is 3.66. The zero-order valence-corrected chi connectivity index (χ0v) is 15.6. The fourth-order valence-corrected chi connectivity index (χ4v) is 4.33. The number of ether oxygens (including phenoxy) is 1. The molecular weight excluding hydrogens is 395 g/mol. The van der Waals surface area contributed by atoms with E-state index < -0.39 is 39.1 Å². The Morgan fingerprint density at radius 1 is 1.00 bits per heavy atom. The van der Waals surface area contributed by atoms with E-state index in [-0.39, 0.29) is 5.56 Å². The zero-order valence-electron chi connectivity index (χ0n) is 14.8. The molecular formula is C19H20F3NO4S. The van der Waals surface area contributed by atoms with Crippen molar-refractivity contribution in [1.82, 2.24) is 0 Å². The minimum atomic E-state index is -5.09. The fraction of sp³-hybridized carbons (Fsp3) is 0.368. The Kier molecular flexibility index (Phi) is 5.69. The van der Waals surface area contributed by atoms with Gasteiger partial charge >= 0.3 is 6.36 Å². The molecule has 0 spiro atoms. The lowest BCUT2D eigenvalue weighted by atomic mass is 9.79. The molecule has 0 amide bonds. The molecule has 3 rings (SSSR count). The Morgan fingerprint density at radius 3 is 2.14 bits per heavy atom. The van der Waals surface area contributed by atoms with Gasteiger partial charge in [0.15, 0.2) is 5.75 Å². The summed E-state index contributed by atoms with van der Waals surface area (Å²) in [5, 5.41) is 14.9. The topological polar surface area (TPSA) is 89.6 Å². The highest BCUT2D eigenvalue weighted by atomic mass is 32.2. The number of hydrogen-bond acceptors (Lipinski definition) is 4. The summed E-state index contributed by atoms with van der Waals surface area (Å²) < 4.78 is 67.6. The molecule has 0 atom stereocenters. The van der Waals surface area contributed by atoms with Gasteiger partial charge < -0.3 is 9.84 Å². The largest absolute Gasteiger partial charge is 0.573 e. The summed E-state index contributed by atoms with van der Waals surface area (Å²) in [6.45, 7) is 0. The molecule has 1 saturated carbocycles. The van der Waals surface area contributed by atoms with Crippen molar-refractivity contribution < 1.29 is 31.4 Å². The third-order valence-corrected chi connectivity index (χ3v) is 5.81. The highest BCUT2D eigenvalue weighted by molar-refractivity contribution is 7.89. The van der Waals surface area contributed by atoms with Crippen LogP contribution < -0.4 is 9.88 Å². The van der Waals surface area contributed by atoms with Crippen molar-refractivity contribution in [2.45, 2.75) is 49.0 Å². The van der Waals surface area contributed by atoms with Crippen LogP contribution in [0.5, 0.6) is 5.75 Å². The molecule has 0 aromatic heterocycles. The first-order valence-electron chi connectivity index (χ1n) is 8.75. The number of halogens is 3. The van der Waals surface area contributed by atoms with Gasteiger partial charge in [0.25, 0.3) is 0 Å². The Bertz CT molecular complexity index is 938. The van der Waals surface area contributed by atoms with Crippen LogP contribution in [0.1, 0.15) is 37.2 Å². The van der Waals surface area contributed by atoms with Crippen LogP contribution >= 0.6 is 0 Å². The van der Waals surface area contributed by atoms with Crippen LogP contribution in [-0.2, 0) is 10.0 Å². The van der Waals surface area contributed by atoms with E-state index in [0.717, 1.165) is 6.07 Å². The Hall–Kier alpha value is -2.10. The summed E-state index contributed by atoms with van der Waals surface area (Å²) in [6, 6.07) is 11.2. The first kappa shape index (κ1) is 20.6. The lowest BCUT2D eigenvalue weighted by Gasteiger charge is -2.30. The molecule has 0 heterocycles. The lowest BCUT2D eigenvalue weighted by molar-refractivity contribution is -0.275. The molecule has 9 heteroatoms. The maximum atomic E-state index is 13.2. The quantitative estimate of drug-likeness (QED) is 0.792. The molecule has 0 unspecified atom stereocenters. The minimum Gasteiger partial charge on any atom is -0.404 e. The van der Waals surface area contributed by atoms with Crippen molar-refractivity contribution in [3.63, 3.8) is 0 Å². The summed E-state index contributed by atoms with van der Waals surface area (Å²) in [6.07, 6.45) is -3.98. The van der Waals surface area contributed by atoms with E-state index in [1.807, 2.05) is 0 Å². The summed E-state index contributed by atoms with van der Waals surface area (Å²) >= 11 is 0. The predicted octanol–water partition coefficient (Wildman–Crippen LogP) is 3.92. The molecule has 28 heavy (non-hydrogen) atoms. The zero-order chi connectivity index (χ0) is 20.5. The predicted molar refractivity (Wildman–Crippen MR) is 97.2 cm³/mol. The van der Waals surface area contributed by atoms with Crippen LogP contribution in [0.4, 0.5) is 13.2 Å². The standard InChI is InChI=1S/C19H20F3NO4S/c20-19(21,22)27-18-16(28(23,25)26)11-10-15(12-4-2-1-3-5-12)17(18)13-6-8-14(24)9-7-13/h1-5,10-11,13-14,24H,6-9H2,(H2,23,25,26)/t13-,14-. The van der Waals surface area contributed by atoms with E-state index >= 15 is 0 Å². The number of benzene rings is 2. The molecule has 3 N–H and O–H groups in total. The van der Waals surface area contributed by atoms with Gasteiger partial charge in [0.1, 0.15) is 4.90 Å². The van der Waals surface area contributed by atoms with Crippen molar-refractivity contribution >= 4 is 10.0 Å². The minimum absolute atomic E-state index is 0.155. The van der Waals surface area contributed by atoms with Crippen molar-refractivity contribution in [3.05, 3.63) is 48.0 Å². The molecule has 5 nitrogen and oxygen atoms in total. The number of sulfonamides is 1. The third-order valence-electron chi connectivity index (χ3n) is 4.87. The normalized spacial score (nSPS) is 20.8. The second kappa shape index (κ2) is 7.73. The van der Waals surface area contributed by atoms with Crippen LogP contribution in [0.2, 0.25) is 0 Å². The summed E-state index contributed by atoms with van der Waals surface area (Å²) in [5.41, 5.74) is 1.24. The van der Waals surface area contributed by atoms with E-state index in [4.69, 9.17) is 5.14 Å². The van der Waals surface area contributed by atoms with Crippen LogP contribution in [0, 0.1) is 0 Å². The smallest absolute Gasteiger partial charge is 0.404 e. The highest BCUT2D eigenvalue weighted by Crippen LogP contribution is 2.46. The second-order valence-electron chi connectivity index (χ2n) is 6.82. The molecule has 0 radical (unpaired) electrons. The van der Waals surface area contributed by atoms with E-state index in [2.05, 4.69) is 4.74 Å². The number of aliphatic hydroxyl groups is 1. The molecule has 1 aliphatic carbocycles. The van der Waals surface area contributed by atoms with Gasteiger partial charge in [-0.15, -0.1) is 13.2 Å². The SMILES string of the molecule is NS(=O)(=O)c1ccc(-c2ccccc2)c([C@H]2CC[C@H](O)CC2)c1OC(F)(F)F. The maximum Gasteiger partial charge on any atom is 0.573 e. The van der Waals surface area contributed by atoms with Crippen molar-refractivity contribution in [1.29, 1.82) is 0 Å². The third kappa shape index (κ3) is 4.65. The molecule has 0 bridgehead atoms. The van der Waals surface area contributed by atoms with Gasteiger partial charge in [0.2, 0.25) is 10.0 Å². The van der Waals surface area contributed by atoms with Crippen molar-refractivity contribution in [2.24, 2.45) is 5.14 Å². The highest BCUT2D eigenvalue weighted by Gasteiger charge is 2.38. The first-order valence-corrected chi connectivity index (χ1v) is 10.3. The first-order chi connectivity index (χ1) is 13.1. The number of hydrogen-bond donors (Lipinski definition) is 2. The summed E-state index contributed by atoms with van der Waals surface area (Å²) in [5.74, 6) is -1.18.